The maximum Gasteiger partial charge on any atom is 0.427 e. The number of fused-ring (bicyclic) bond motifs is 1. The van der Waals surface area contributed by atoms with Gasteiger partial charge in [-0.3, -0.25) is 34.0 Å². The number of benzene rings is 3. The zero-order chi connectivity index (χ0) is 50.9. The van der Waals surface area contributed by atoms with Crippen LogP contribution in [-0.4, -0.2) is 100 Å². The molecule has 2 heterocycles. The molecule has 2 fully saturated rings. The molecule has 1 saturated carbocycles. The number of imide groups is 1. The number of nitrogens with zero attached hydrogens (tertiary/aromatic N) is 3. The van der Waals surface area contributed by atoms with Crippen molar-refractivity contribution in [2.24, 2.45) is 0 Å². The van der Waals surface area contributed by atoms with E-state index in [1.54, 1.807) is 23.6 Å². The van der Waals surface area contributed by atoms with Crippen LogP contribution in [0.15, 0.2) is 65.9 Å². The highest BCUT2D eigenvalue weighted by atomic mass is 35.5. The van der Waals surface area contributed by atoms with Crippen molar-refractivity contribution in [3.63, 3.8) is 0 Å². The van der Waals surface area contributed by atoms with Gasteiger partial charge in [-0.1, -0.05) is 72.1 Å². The number of allylic oxidation sites excluding steroid dienone is 1. The number of cyclic esters (lactones) is 1. The second kappa shape index (κ2) is 27.6. The average Bonchev–Trinajstić information content (AvgIpc) is 3.91. The summed E-state index contributed by atoms with van der Waals surface area (Å²) in [6, 6.07) is 15.6. The van der Waals surface area contributed by atoms with Crippen LogP contribution in [0.4, 0.5) is 26.2 Å². The van der Waals surface area contributed by atoms with E-state index in [0.717, 1.165) is 60.7 Å². The van der Waals surface area contributed by atoms with E-state index in [4.69, 9.17) is 80.2 Å². The third kappa shape index (κ3) is 16.9. The molecule has 0 spiro atoms. The highest BCUT2D eigenvalue weighted by Crippen LogP contribution is 2.38. The molecule has 68 heavy (non-hydrogen) atoms. The van der Waals surface area contributed by atoms with E-state index < -0.39 is 49.0 Å². The van der Waals surface area contributed by atoms with Crippen molar-refractivity contribution in [1.82, 2.24) is 5.32 Å². The number of carbonyl (C=O) groups is 5. The second-order valence-corrected chi connectivity index (χ2v) is 18.8. The number of carboxylic acids is 1. The summed E-state index contributed by atoms with van der Waals surface area (Å²) in [6.45, 7) is 12.0. The fourth-order valence-corrected chi connectivity index (χ4v) is 7.76. The summed E-state index contributed by atoms with van der Waals surface area (Å²) in [5, 5.41) is 10.2. The van der Waals surface area contributed by atoms with Gasteiger partial charge in [-0.2, -0.15) is 0 Å². The summed E-state index contributed by atoms with van der Waals surface area (Å²) in [5.41, 5.74) is 4.16. The van der Waals surface area contributed by atoms with Crippen molar-refractivity contribution in [1.29, 1.82) is 0 Å². The van der Waals surface area contributed by atoms with Gasteiger partial charge in [0.2, 0.25) is 5.91 Å². The van der Waals surface area contributed by atoms with Gasteiger partial charge in [-0.05, 0) is 102 Å². The highest BCUT2D eigenvalue weighted by molar-refractivity contribution is 7.51. The Kier molecular flexibility index (Phi) is 23.5. The Hall–Kier alpha value is -4.49. The molecule has 6 rings (SSSR count). The van der Waals surface area contributed by atoms with Crippen LogP contribution in [0.25, 0.3) is 0 Å². The van der Waals surface area contributed by atoms with E-state index in [1.165, 1.54) is 6.07 Å². The van der Waals surface area contributed by atoms with Gasteiger partial charge in [0.1, 0.15) is 36.5 Å². The molecule has 17 nitrogen and oxygen atoms in total. The Labute approximate surface area is 414 Å². The van der Waals surface area contributed by atoms with Crippen molar-refractivity contribution < 1.29 is 66.8 Å². The van der Waals surface area contributed by atoms with Gasteiger partial charge < -0.3 is 38.7 Å². The first-order chi connectivity index (χ1) is 32.1. The molecule has 23 heteroatoms. The van der Waals surface area contributed by atoms with Crippen molar-refractivity contribution in [3.8, 4) is 11.5 Å². The molecule has 2 aliphatic heterocycles. The Morgan fingerprint density at radius 2 is 1.69 bits per heavy atom. The van der Waals surface area contributed by atoms with Crippen molar-refractivity contribution in [2.75, 3.05) is 53.4 Å². The number of carbonyl (C=O) groups excluding carboxylic acids is 4. The SMILES string of the molecule is CC(C)=C1OC(=O)N(c2cc(OC3CCCC3)c(Cl)cc2F)C1=O.CC1COc2ccccc2N1C(=O)C(Cl)Cl.CCOCN(C(=O)CCl)c1c(C)cccc1CC.O=C(O)CNCP(=O)(O)O. The van der Waals surface area contributed by atoms with Crippen molar-refractivity contribution in [2.45, 2.75) is 90.6 Å². The summed E-state index contributed by atoms with van der Waals surface area (Å²) in [4.78, 5) is 77.1. The van der Waals surface area contributed by atoms with Gasteiger partial charge >= 0.3 is 25.6 Å². The number of halogens is 5. The maximum atomic E-state index is 14.3. The van der Waals surface area contributed by atoms with Crippen LogP contribution in [0, 0.1) is 12.7 Å². The predicted molar refractivity (Wildman–Crippen MR) is 259 cm³/mol. The number of carboxylic acid groups (broad SMARTS) is 1. The molecule has 1 aliphatic carbocycles. The molecule has 0 bridgehead atoms. The van der Waals surface area contributed by atoms with Gasteiger partial charge in [0.05, 0.1) is 47.1 Å². The Morgan fingerprint density at radius 1 is 1.03 bits per heavy atom. The third-order valence-corrected chi connectivity index (χ3v) is 11.5. The van der Waals surface area contributed by atoms with E-state index in [9.17, 15) is 32.9 Å². The second-order valence-electron chi connectivity index (χ2n) is 15.4. The molecule has 3 aromatic rings. The van der Waals surface area contributed by atoms with Crippen LogP contribution in [0.2, 0.25) is 5.02 Å². The van der Waals surface area contributed by atoms with Crippen LogP contribution < -0.4 is 29.5 Å². The van der Waals surface area contributed by atoms with E-state index >= 15 is 0 Å². The molecule has 1 saturated heterocycles. The zero-order valence-corrected chi connectivity index (χ0v) is 42.2. The van der Waals surface area contributed by atoms with Crippen LogP contribution >= 0.6 is 54.0 Å². The standard InChI is InChI=1S/C17H17ClFNO4.C14H20ClNO2.C11H11Cl2NO2.C3H8NO5P/c1-9(2)15-16(21)20(17(22)24-15)13-8-14(11(18)7-12(13)19)23-10-5-3-4-6-10;1-4-12-8-6-7-11(3)14(12)16(10-18-5-2)13(17)9-15;1-7-6-16-9-5-3-2-4-8(9)14(7)11(15)10(12)13;5-3(6)1-4-2-10(7,8)9/h7-8,10H,3-6H2,1-2H3;6-8H,4-5,9-10H2,1-3H3;2-5,7,10H,6H2,1H3;4H,1-2H2,(H,5,6)(H2,7,8,9). The number of rotatable bonds is 14. The highest BCUT2D eigenvalue weighted by Gasteiger charge is 2.40. The molecule has 0 radical (unpaired) electrons. The Bertz CT molecular complexity index is 2330. The summed E-state index contributed by atoms with van der Waals surface area (Å²) in [6.07, 6.45) is 3.27. The fourth-order valence-electron chi connectivity index (χ4n) is 6.81. The smallest absolute Gasteiger partial charge is 0.427 e. The molecule has 3 aromatic carbocycles. The largest absolute Gasteiger partial charge is 0.489 e. The number of hydrogen-bond acceptors (Lipinski definition) is 11. The van der Waals surface area contributed by atoms with E-state index in [1.807, 2.05) is 63.2 Å². The minimum Gasteiger partial charge on any atom is -0.489 e. The normalized spacial score (nSPS) is 15.4. The average molecular weight is 1050 g/mol. The number of para-hydroxylation sites is 3. The van der Waals surface area contributed by atoms with Gasteiger partial charge in [0.25, 0.3) is 5.91 Å². The number of aryl methyl sites for hydroxylation is 2. The molecule has 374 valence electrons. The van der Waals surface area contributed by atoms with Gasteiger partial charge in [0.15, 0.2) is 10.6 Å². The van der Waals surface area contributed by atoms with E-state index in [0.29, 0.717) is 29.4 Å². The number of ether oxygens (including phenoxy) is 4. The quantitative estimate of drug-likeness (QED) is 0.0512. The summed E-state index contributed by atoms with van der Waals surface area (Å²) in [5.74, 6) is -2.27. The monoisotopic (exact) mass is 1050 g/mol. The Morgan fingerprint density at radius 3 is 2.25 bits per heavy atom. The lowest BCUT2D eigenvalue weighted by atomic mass is 10.0. The summed E-state index contributed by atoms with van der Waals surface area (Å²) >= 11 is 23.0. The van der Waals surface area contributed by atoms with Gasteiger partial charge in [-0.25, -0.2) is 14.1 Å². The van der Waals surface area contributed by atoms with Crippen molar-refractivity contribution >= 4 is 101 Å². The van der Waals surface area contributed by atoms with E-state index in [-0.39, 0.29) is 58.8 Å². The summed E-state index contributed by atoms with van der Waals surface area (Å²) in [7, 11) is -4.10. The topological polar surface area (TPSA) is 222 Å². The zero-order valence-electron chi connectivity index (χ0n) is 38.3. The van der Waals surface area contributed by atoms with Crippen LogP contribution in [-0.2, 0) is 39.6 Å². The molecule has 0 aromatic heterocycles. The predicted octanol–water partition coefficient (Wildman–Crippen LogP) is 9.10. The molecule has 4 N–H and O–H groups in total. The molecular weight excluding hydrogens is 996 g/mol. The third-order valence-electron chi connectivity index (χ3n) is 9.94. The van der Waals surface area contributed by atoms with Crippen LogP contribution in [0.5, 0.6) is 11.5 Å². The lowest BCUT2D eigenvalue weighted by Crippen LogP contribution is -2.47. The number of aliphatic carboxylic acids is 1. The minimum atomic E-state index is -4.10. The van der Waals surface area contributed by atoms with Crippen molar-refractivity contribution in [3.05, 3.63) is 87.9 Å². The van der Waals surface area contributed by atoms with Crippen LogP contribution in [0.1, 0.15) is 71.4 Å². The van der Waals surface area contributed by atoms with Gasteiger partial charge in [-0.15, -0.1) is 11.6 Å². The molecule has 4 amide bonds. The molecular formula is C45H56Cl4FN4O13P. The number of anilines is 3. The number of amides is 4. The lowest BCUT2D eigenvalue weighted by molar-refractivity contribution is -0.136. The first-order valence-corrected chi connectivity index (χ1v) is 24.9. The lowest BCUT2D eigenvalue weighted by Gasteiger charge is -2.35. The molecule has 1 atom stereocenters. The fraction of sp³-hybridized carbons (Fsp3) is 0.444. The first-order valence-electron chi connectivity index (χ1n) is 21.3. The van der Waals surface area contributed by atoms with Gasteiger partial charge in [0, 0.05) is 12.7 Å². The Balaban J connectivity index is 0.000000251. The number of hydrogen-bond donors (Lipinski definition) is 4. The van der Waals surface area contributed by atoms with E-state index in [2.05, 4.69) is 12.2 Å². The summed E-state index contributed by atoms with van der Waals surface area (Å²) < 4.78 is 46.0. The minimum absolute atomic E-state index is 0.00962. The number of nitrogens with one attached hydrogen (secondary N) is 1. The number of alkyl halides is 3. The maximum absolute atomic E-state index is 14.3. The first kappa shape index (κ1) is 57.8. The molecule has 3 aliphatic rings. The van der Waals surface area contributed by atoms with Crippen LogP contribution in [0.3, 0.4) is 0 Å². The molecule has 1 unspecified atom stereocenters.